The van der Waals surface area contributed by atoms with Gasteiger partial charge in [-0.3, -0.25) is 0 Å². The van der Waals surface area contributed by atoms with Crippen LogP contribution in [0.4, 0.5) is 39.5 Å². The number of rotatable bonds is 8. The Morgan fingerprint density at radius 2 is 1.59 bits per heavy atom. The monoisotopic (exact) mass is 508 g/mol. The van der Waals surface area contributed by atoms with Crippen LogP contribution in [-0.2, 0) is 32.7 Å². The molecule has 186 valence electrons. The summed E-state index contributed by atoms with van der Waals surface area (Å²) in [6.45, 7) is 9.22. The maximum atomic E-state index is 12.2. The van der Waals surface area contributed by atoms with Gasteiger partial charge >= 0.3 is 29.2 Å². The van der Waals surface area contributed by atoms with E-state index in [2.05, 4.69) is 18.1 Å². The lowest BCUT2D eigenvalue weighted by atomic mass is 10.1. The highest BCUT2D eigenvalue weighted by Gasteiger charge is 2.83. The molecule has 0 aliphatic rings. The van der Waals surface area contributed by atoms with Crippen LogP contribution < -0.4 is 4.57 Å². The Morgan fingerprint density at radius 1 is 1.09 bits per heavy atom. The van der Waals surface area contributed by atoms with Crippen molar-refractivity contribution in [3.8, 4) is 0 Å². The quantitative estimate of drug-likeness (QED) is 0.177. The van der Waals surface area contributed by atoms with Gasteiger partial charge in [-0.1, -0.05) is 6.58 Å². The van der Waals surface area contributed by atoms with E-state index in [0.717, 1.165) is 6.54 Å². The number of hydrogen-bond donors (Lipinski definition) is 0. The lowest BCUT2D eigenvalue weighted by molar-refractivity contribution is -0.697. The molecule has 0 bridgehead atoms. The van der Waals surface area contributed by atoms with Gasteiger partial charge in [0.25, 0.3) is 0 Å². The smallest absolute Gasteiger partial charge is 0.460 e. The molecule has 32 heavy (non-hydrogen) atoms. The number of carbonyl (C=O) groups is 1. The van der Waals surface area contributed by atoms with Crippen LogP contribution in [0.3, 0.4) is 0 Å². The van der Waals surface area contributed by atoms with E-state index < -0.39 is 33.4 Å². The average molecular weight is 508 g/mol. The second kappa shape index (κ2) is 10.1. The fourth-order valence-electron chi connectivity index (χ4n) is 1.64. The summed E-state index contributed by atoms with van der Waals surface area (Å²) in [5.74, 6) is -15.1. The number of hydrogen-bond acceptors (Lipinski definition) is 5. The van der Waals surface area contributed by atoms with E-state index in [9.17, 15) is 57.3 Å². The molecule has 17 heteroatoms. The summed E-state index contributed by atoms with van der Waals surface area (Å²) in [5.41, 5.74) is 0.436. The minimum atomic E-state index is -7.43. The van der Waals surface area contributed by atoms with Crippen molar-refractivity contribution in [2.75, 3.05) is 6.61 Å². The first-order chi connectivity index (χ1) is 14.1. The van der Waals surface area contributed by atoms with E-state index in [0.29, 0.717) is 18.7 Å². The van der Waals surface area contributed by atoms with Gasteiger partial charge in [0.1, 0.15) is 25.5 Å². The lowest BCUT2D eigenvalue weighted by Crippen LogP contribution is -2.63. The second-order valence-corrected chi connectivity index (χ2v) is 7.44. The molecule has 0 radical (unpaired) electrons. The van der Waals surface area contributed by atoms with Crippen LogP contribution in [0.15, 0.2) is 30.9 Å². The SMILES string of the molecule is C=C(C)C(=O)OCC[n+]1ccn(CC)c1.O=S(=O)([O-])C(F)(F)C(F)(F)C(F)(F)C(F)(F)F. The molecule has 7 nitrogen and oxygen atoms in total. The lowest BCUT2D eigenvalue weighted by Gasteiger charge is -2.34. The van der Waals surface area contributed by atoms with Crippen LogP contribution in [0.2, 0.25) is 0 Å². The molecule has 0 unspecified atom stereocenters. The predicted molar refractivity (Wildman–Crippen MR) is 86.7 cm³/mol. The van der Waals surface area contributed by atoms with Crippen molar-refractivity contribution in [2.24, 2.45) is 0 Å². The number of carbonyl (C=O) groups excluding carboxylic acids is 1. The third-order valence-electron chi connectivity index (χ3n) is 3.47. The maximum absolute atomic E-state index is 12.2. The van der Waals surface area contributed by atoms with Gasteiger partial charge in [-0.05, 0) is 13.8 Å². The average Bonchev–Trinajstić information content (AvgIpc) is 3.07. The van der Waals surface area contributed by atoms with Gasteiger partial charge in [-0.15, -0.1) is 0 Å². The van der Waals surface area contributed by atoms with Crippen LogP contribution >= 0.6 is 0 Å². The second-order valence-electron chi connectivity index (χ2n) is 6.02. The Balaban J connectivity index is 0.000000604. The number of nitrogens with zero attached hydrogens (tertiary/aromatic N) is 2. The number of aromatic nitrogens is 2. The highest BCUT2D eigenvalue weighted by Crippen LogP contribution is 2.54. The van der Waals surface area contributed by atoms with Crippen molar-refractivity contribution in [1.82, 2.24) is 4.57 Å². The van der Waals surface area contributed by atoms with E-state index in [1.54, 1.807) is 6.92 Å². The molecule has 1 heterocycles. The van der Waals surface area contributed by atoms with Crippen LogP contribution in [-0.4, -0.2) is 53.4 Å². The first kappa shape index (κ1) is 29.7. The first-order valence-corrected chi connectivity index (χ1v) is 9.57. The zero-order chi connectivity index (χ0) is 25.8. The third kappa shape index (κ3) is 6.60. The molecule has 0 aliphatic heterocycles. The van der Waals surface area contributed by atoms with Gasteiger partial charge in [0.2, 0.25) is 6.33 Å². The van der Waals surface area contributed by atoms with Crippen molar-refractivity contribution in [3.05, 3.63) is 30.9 Å². The summed E-state index contributed by atoms with van der Waals surface area (Å²) < 4.78 is 144. The van der Waals surface area contributed by atoms with E-state index in [1.807, 2.05) is 23.3 Å². The number of alkyl halides is 9. The predicted octanol–water partition coefficient (Wildman–Crippen LogP) is 2.87. The fourth-order valence-corrected chi connectivity index (χ4v) is 2.08. The Kier molecular flexibility index (Phi) is 9.37. The Hall–Kier alpha value is -2.30. The molecule has 0 amide bonds. The molecule has 0 saturated heterocycles. The molecule has 0 atom stereocenters. The molecule has 1 rings (SSSR count). The van der Waals surface area contributed by atoms with Crippen LogP contribution in [0.5, 0.6) is 0 Å². The van der Waals surface area contributed by atoms with E-state index in [1.165, 1.54) is 0 Å². The summed E-state index contributed by atoms with van der Waals surface area (Å²) in [6, 6.07) is 0. The van der Waals surface area contributed by atoms with Crippen molar-refractivity contribution in [3.63, 3.8) is 0 Å². The highest BCUT2D eigenvalue weighted by atomic mass is 32.2. The minimum Gasteiger partial charge on any atom is -0.743 e. The Morgan fingerprint density at radius 3 is 1.94 bits per heavy atom. The molecule has 0 saturated carbocycles. The van der Waals surface area contributed by atoms with Crippen LogP contribution in [0, 0.1) is 0 Å². The fraction of sp³-hybridized carbons (Fsp3) is 0.600. The third-order valence-corrected chi connectivity index (χ3v) is 4.36. The van der Waals surface area contributed by atoms with E-state index in [4.69, 9.17) is 4.74 Å². The molecule has 0 N–H and O–H groups in total. The van der Waals surface area contributed by atoms with Gasteiger partial charge in [0.05, 0.1) is 6.54 Å². The molecule has 0 aromatic carbocycles. The van der Waals surface area contributed by atoms with E-state index >= 15 is 0 Å². The van der Waals surface area contributed by atoms with Gasteiger partial charge in [0, 0.05) is 5.57 Å². The summed E-state index contributed by atoms with van der Waals surface area (Å²) in [7, 11) is -7.42. The van der Waals surface area contributed by atoms with Crippen molar-refractivity contribution in [2.45, 2.75) is 50.2 Å². The largest absolute Gasteiger partial charge is 0.743 e. The van der Waals surface area contributed by atoms with Gasteiger partial charge in [0.15, 0.2) is 10.1 Å². The molecular weight excluding hydrogens is 491 g/mol. The molecule has 1 aromatic rings. The van der Waals surface area contributed by atoms with Crippen molar-refractivity contribution < 1.29 is 66.6 Å². The van der Waals surface area contributed by atoms with Crippen molar-refractivity contribution >= 4 is 16.1 Å². The standard InChI is InChI=1S/C11H17N2O2.C4HF9O3S/c1-4-12-5-6-13(9-12)7-8-15-11(14)10(2)3;5-1(6,3(9,10)11)2(7,8)4(12,13)17(14,15)16/h5-6,9H,2,4,7-8H2,1,3H3;(H,14,15,16)/q+1;/p-1. The number of aryl methyl sites for hydroxylation is 1. The van der Waals surface area contributed by atoms with Gasteiger partial charge in [-0.25, -0.2) is 22.3 Å². The molecule has 0 fully saturated rings. The van der Waals surface area contributed by atoms with Gasteiger partial charge < -0.3 is 9.29 Å². The summed E-state index contributed by atoms with van der Waals surface area (Å²) in [6.07, 6.45) is -1.24. The molecule has 0 aliphatic carbocycles. The summed E-state index contributed by atoms with van der Waals surface area (Å²) in [4.78, 5) is 11.1. The van der Waals surface area contributed by atoms with Gasteiger partial charge in [-0.2, -0.15) is 39.5 Å². The Labute approximate surface area is 175 Å². The topological polar surface area (TPSA) is 92.3 Å². The molecule has 0 spiro atoms. The first-order valence-electron chi connectivity index (χ1n) is 8.16. The number of ether oxygens (including phenoxy) is 1. The number of imidazole rings is 1. The number of halogens is 9. The minimum absolute atomic E-state index is 0.328. The number of esters is 1. The van der Waals surface area contributed by atoms with E-state index in [-0.39, 0.29) is 5.97 Å². The van der Waals surface area contributed by atoms with Crippen molar-refractivity contribution in [1.29, 1.82) is 0 Å². The highest BCUT2D eigenvalue weighted by molar-refractivity contribution is 7.86. The normalized spacial score (nSPS) is 13.2. The van der Waals surface area contributed by atoms with Crippen LogP contribution in [0.25, 0.3) is 0 Å². The summed E-state index contributed by atoms with van der Waals surface area (Å²) >= 11 is 0. The molecular formula is C15H17F9N2O5S. The zero-order valence-electron chi connectivity index (χ0n) is 16.3. The zero-order valence-corrected chi connectivity index (χ0v) is 17.1. The van der Waals surface area contributed by atoms with Crippen LogP contribution in [0.1, 0.15) is 13.8 Å². The maximum Gasteiger partial charge on any atom is 0.460 e. The Bertz CT molecular complexity index is 911. The summed E-state index contributed by atoms with van der Waals surface area (Å²) in [5, 5.41) is -7.11. The molecule has 1 aromatic heterocycles.